The maximum Gasteiger partial charge on any atom is 0.317 e. The first-order chi connectivity index (χ1) is 14.0. The molecule has 2 unspecified atom stereocenters. The molecule has 0 fully saturated rings. The molecule has 0 saturated carbocycles. The van der Waals surface area contributed by atoms with Crippen LogP contribution in [0.5, 0.6) is 11.5 Å². The fourth-order valence-electron chi connectivity index (χ4n) is 3.65. The smallest absolute Gasteiger partial charge is 0.317 e. The second kappa shape index (κ2) is 8.90. The summed E-state index contributed by atoms with van der Waals surface area (Å²) in [5, 5.41) is 0. The number of hydrogen-bond acceptors (Lipinski definition) is 5. The van der Waals surface area contributed by atoms with Crippen molar-refractivity contribution in [2.75, 3.05) is 20.8 Å². The number of ether oxygens (including phenoxy) is 3. The van der Waals surface area contributed by atoms with E-state index in [2.05, 4.69) is 0 Å². The Morgan fingerprint density at radius 1 is 1.10 bits per heavy atom. The van der Waals surface area contributed by atoms with Crippen LogP contribution in [-0.2, 0) is 14.3 Å². The number of hydrogen-bond donors (Lipinski definition) is 0. The zero-order chi connectivity index (χ0) is 21.0. The van der Waals surface area contributed by atoms with Crippen LogP contribution in [0.1, 0.15) is 30.4 Å². The molecule has 0 radical (unpaired) electrons. The number of carbonyl (C=O) groups is 2. The van der Waals surface area contributed by atoms with Crippen molar-refractivity contribution in [1.82, 2.24) is 0 Å². The monoisotopic (exact) mass is 398 g/mol. The predicted molar refractivity (Wildman–Crippen MR) is 106 cm³/mol. The summed E-state index contributed by atoms with van der Waals surface area (Å²) in [5.41, 5.74) is 1.72. The molecule has 1 aliphatic rings. The molecule has 0 amide bonds. The highest BCUT2D eigenvalue weighted by molar-refractivity contribution is 6.10. The van der Waals surface area contributed by atoms with E-state index in [1.807, 2.05) is 0 Å². The fraction of sp³-hybridized carbons (Fsp3) is 0.304. The maximum atomic E-state index is 14.6. The molecule has 2 aromatic rings. The lowest BCUT2D eigenvalue weighted by atomic mass is 9.73. The van der Waals surface area contributed by atoms with Gasteiger partial charge in [0.1, 0.15) is 23.2 Å². The van der Waals surface area contributed by atoms with Crippen LogP contribution in [0.25, 0.3) is 5.57 Å². The van der Waals surface area contributed by atoms with E-state index < -0.39 is 29.4 Å². The molecule has 0 heterocycles. The maximum absolute atomic E-state index is 14.6. The summed E-state index contributed by atoms with van der Waals surface area (Å²) in [6.07, 6.45) is 1.74. The van der Waals surface area contributed by atoms with Gasteiger partial charge in [0, 0.05) is 12.0 Å². The number of halogens is 1. The summed E-state index contributed by atoms with van der Waals surface area (Å²) < 4.78 is 30.3. The predicted octanol–water partition coefficient (Wildman–Crippen LogP) is 4.16. The molecule has 0 aromatic heterocycles. The van der Waals surface area contributed by atoms with E-state index in [4.69, 9.17) is 14.2 Å². The van der Waals surface area contributed by atoms with E-state index in [1.54, 1.807) is 43.3 Å². The number of ketones is 1. The molecule has 5 nitrogen and oxygen atoms in total. The largest absolute Gasteiger partial charge is 0.497 e. The standard InChI is InChI=1S/C23H23FO5/c1-4-29-23(26)22-19(18-7-5-6-8-20(18)24)11-15(12-21(22)25)14-9-16(27-2)13-17(10-14)28-3/h5-10,12-13,19,22H,4,11H2,1-3H3. The van der Waals surface area contributed by atoms with E-state index in [0.717, 1.165) is 5.56 Å². The van der Waals surface area contributed by atoms with E-state index in [0.29, 0.717) is 29.1 Å². The molecule has 0 saturated heterocycles. The Kier molecular flexibility index (Phi) is 6.32. The van der Waals surface area contributed by atoms with Crippen molar-refractivity contribution < 1.29 is 28.2 Å². The molecule has 3 rings (SSSR count). The van der Waals surface area contributed by atoms with Crippen molar-refractivity contribution in [2.24, 2.45) is 5.92 Å². The lowest BCUT2D eigenvalue weighted by molar-refractivity contribution is -0.151. The van der Waals surface area contributed by atoms with Gasteiger partial charge in [-0.3, -0.25) is 9.59 Å². The van der Waals surface area contributed by atoms with Crippen LogP contribution < -0.4 is 9.47 Å². The van der Waals surface area contributed by atoms with E-state index >= 15 is 0 Å². The van der Waals surface area contributed by atoms with Crippen molar-refractivity contribution in [3.05, 3.63) is 65.5 Å². The number of carbonyl (C=O) groups excluding carboxylic acids is 2. The highest BCUT2D eigenvalue weighted by atomic mass is 19.1. The van der Waals surface area contributed by atoms with Crippen molar-refractivity contribution in [3.8, 4) is 11.5 Å². The summed E-state index contributed by atoms with van der Waals surface area (Å²) >= 11 is 0. The lowest BCUT2D eigenvalue weighted by Crippen LogP contribution is -2.34. The highest BCUT2D eigenvalue weighted by Gasteiger charge is 2.40. The van der Waals surface area contributed by atoms with Gasteiger partial charge in [-0.05, 0) is 54.3 Å². The number of benzene rings is 2. The Balaban J connectivity index is 2.08. The number of esters is 1. The van der Waals surface area contributed by atoms with Crippen molar-refractivity contribution in [2.45, 2.75) is 19.3 Å². The Morgan fingerprint density at radius 3 is 2.34 bits per heavy atom. The molecule has 1 aliphatic carbocycles. The molecular weight excluding hydrogens is 375 g/mol. The lowest BCUT2D eigenvalue weighted by Gasteiger charge is -2.30. The Bertz CT molecular complexity index is 928. The average Bonchev–Trinajstić information content (AvgIpc) is 2.73. The summed E-state index contributed by atoms with van der Waals surface area (Å²) in [6, 6.07) is 11.5. The number of methoxy groups -OCH3 is 2. The van der Waals surface area contributed by atoms with Gasteiger partial charge in [-0.15, -0.1) is 0 Å². The van der Waals surface area contributed by atoms with Crippen LogP contribution in [0.4, 0.5) is 4.39 Å². The minimum Gasteiger partial charge on any atom is -0.497 e. The molecule has 0 bridgehead atoms. The van der Waals surface area contributed by atoms with E-state index in [1.165, 1.54) is 26.4 Å². The molecule has 2 atom stereocenters. The summed E-state index contributed by atoms with van der Waals surface area (Å²) in [7, 11) is 3.08. The third-order valence-corrected chi connectivity index (χ3v) is 5.03. The molecule has 0 aliphatic heterocycles. The summed E-state index contributed by atoms with van der Waals surface area (Å²) in [4.78, 5) is 25.4. The van der Waals surface area contributed by atoms with Gasteiger partial charge in [0.05, 0.1) is 20.8 Å². The van der Waals surface area contributed by atoms with Gasteiger partial charge in [0.25, 0.3) is 0 Å². The van der Waals surface area contributed by atoms with Crippen molar-refractivity contribution in [3.63, 3.8) is 0 Å². The first-order valence-corrected chi connectivity index (χ1v) is 9.37. The number of allylic oxidation sites excluding steroid dienone is 2. The molecule has 29 heavy (non-hydrogen) atoms. The first kappa shape index (κ1) is 20.6. The van der Waals surface area contributed by atoms with Crippen LogP contribution in [0.2, 0.25) is 0 Å². The van der Waals surface area contributed by atoms with E-state index in [-0.39, 0.29) is 6.61 Å². The van der Waals surface area contributed by atoms with E-state index in [9.17, 15) is 14.0 Å². The normalized spacial score (nSPS) is 18.8. The van der Waals surface area contributed by atoms with Crippen LogP contribution in [0, 0.1) is 11.7 Å². The minimum absolute atomic E-state index is 0.149. The van der Waals surface area contributed by atoms with Crippen LogP contribution in [0.3, 0.4) is 0 Å². The van der Waals surface area contributed by atoms with Crippen LogP contribution >= 0.6 is 0 Å². The van der Waals surface area contributed by atoms with Crippen molar-refractivity contribution >= 4 is 17.3 Å². The zero-order valence-electron chi connectivity index (χ0n) is 16.6. The molecule has 0 spiro atoms. The Labute approximate surface area is 169 Å². The molecule has 152 valence electrons. The second-order valence-corrected chi connectivity index (χ2v) is 6.74. The molecule has 0 N–H and O–H groups in total. The highest BCUT2D eigenvalue weighted by Crippen LogP contribution is 2.42. The van der Waals surface area contributed by atoms with Gasteiger partial charge in [0.2, 0.25) is 0 Å². The topological polar surface area (TPSA) is 61.8 Å². The molecular formula is C23H23FO5. The first-order valence-electron chi connectivity index (χ1n) is 9.37. The van der Waals surface area contributed by atoms with Gasteiger partial charge < -0.3 is 14.2 Å². The minimum atomic E-state index is -1.08. The second-order valence-electron chi connectivity index (χ2n) is 6.74. The Hall–Kier alpha value is -3.15. The zero-order valence-corrected chi connectivity index (χ0v) is 16.6. The number of rotatable bonds is 6. The average molecular weight is 398 g/mol. The fourth-order valence-corrected chi connectivity index (χ4v) is 3.65. The Morgan fingerprint density at radius 2 is 1.76 bits per heavy atom. The van der Waals surface area contributed by atoms with Gasteiger partial charge in [-0.25, -0.2) is 4.39 Å². The third kappa shape index (κ3) is 4.31. The van der Waals surface area contributed by atoms with Gasteiger partial charge >= 0.3 is 5.97 Å². The molecule has 6 heteroatoms. The van der Waals surface area contributed by atoms with Gasteiger partial charge in [-0.1, -0.05) is 18.2 Å². The van der Waals surface area contributed by atoms with Crippen LogP contribution in [-0.4, -0.2) is 32.6 Å². The molecule has 2 aromatic carbocycles. The third-order valence-electron chi connectivity index (χ3n) is 5.03. The summed E-state index contributed by atoms with van der Waals surface area (Å²) in [5.74, 6) is -2.10. The SMILES string of the molecule is CCOC(=O)C1C(=O)C=C(c2cc(OC)cc(OC)c2)CC1c1ccccc1F. The van der Waals surface area contributed by atoms with Gasteiger partial charge in [-0.2, -0.15) is 0 Å². The summed E-state index contributed by atoms with van der Waals surface area (Å²) in [6.45, 7) is 1.82. The quantitative estimate of drug-likeness (QED) is 0.540. The van der Waals surface area contributed by atoms with Crippen molar-refractivity contribution in [1.29, 1.82) is 0 Å². The van der Waals surface area contributed by atoms with Gasteiger partial charge in [0.15, 0.2) is 5.78 Å². The van der Waals surface area contributed by atoms with Crippen LogP contribution in [0.15, 0.2) is 48.5 Å².